The molecule has 0 saturated carbocycles. The predicted octanol–water partition coefficient (Wildman–Crippen LogP) is 3.89. The highest BCUT2D eigenvalue weighted by Crippen LogP contribution is 2.22. The van der Waals surface area contributed by atoms with Gasteiger partial charge in [0.1, 0.15) is 0 Å². The minimum absolute atomic E-state index is 0.188. The van der Waals surface area contributed by atoms with Crippen molar-refractivity contribution >= 4 is 29.4 Å². The monoisotopic (exact) mass is 385 g/mol. The number of esters is 1. The minimum Gasteiger partial charge on any atom is -0.466 e. The number of nitrogens with zero attached hydrogens (tertiary/aromatic N) is 1. The molecule has 0 unspecified atom stereocenters. The second kappa shape index (κ2) is 8.82. The molecule has 3 rings (SSSR count). The normalized spacial score (nSPS) is 13.0. The Hall–Kier alpha value is -2.66. The van der Waals surface area contributed by atoms with Crippen LogP contribution in [0.15, 0.2) is 48.5 Å². The van der Waals surface area contributed by atoms with Crippen LogP contribution < -0.4 is 0 Å². The Balaban J connectivity index is 1.34. The van der Waals surface area contributed by atoms with Crippen molar-refractivity contribution < 1.29 is 19.1 Å². The second-order valence-electron chi connectivity index (χ2n) is 6.36. The minimum atomic E-state index is -0.287. The zero-order valence-electron chi connectivity index (χ0n) is 14.8. The van der Waals surface area contributed by atoms with Gasteiger partial charge in [0.25, 0.3) is 11.8 Å². The number of amides is 2. The molecule has 1 aliphatic rings. The van der Waals surface area contributed by atoms with Crippen LogP contribution in [-0.2, 0) is 16.0 Å². The van der Waals surface area contributed by atoms with Crippen LogP contribution in [-0.4, -0.2) is 35.8 Å². The highest BCUT2D eigenvalue weighted by molar-refractivity contribution is 6.30. The van der Waals surface area contributed by atoms with E-state index in [0.29, 0.717) is 35.4 Å². The van der Waals surface area contributed by atoms with E-state index in [4.69, 9.17) is 16.3 Å². The maximum Gasteiger partial charge on any atom is 0.305 e. The zero-order chi connectivity index (χ0) is 19.2. The Morgan fingerprint density at radius 2 is 1.56 bits per heavy atom. The lowest BCUT2D eigenvalue weighted by Gasteiger charge is -2.13. The number of aryl methyl sites for hydroxylation is 1. The number of halogens is 1. The first-order chi connectivity index (χ1) is 13.1. The van der Waals surface area contributed by atoms with Gasteiger partial charge in [0, 0.05) is 18.0 Å². The fourth-order valence-corrected chi connectivity index (χ4v) is 3.14. The smallest absolute Gasteiger partial charge is 0.305 e. The quantitative estimate of drug-likeness (QED) is 0.393. The lowest BCUT2D eigenvalue weighted by Crippen LogP contribution is -2.31. The predicted molar refractivity (Wildman–Crippen MR) is 102 cm³/mol. The van der Waals surface area contributed by atoms with Gasteiger partial charge in [0.15, 0.2) is 0 Å². The molecule has 2 aromatic carbocycles. The maximum absolute atomic E-state index is 12.2. The molecule has 0 aliphatic carbocycles. The van der Waals surface area contributed by atoms with Crippen LogP contribution in [0.2, 0.25) is 5.02 Å². The van der Waals surface area contributed by atoms with Gasteiger partial charge >= 0.3 is 5.97 Å². The van der Waals surface area contributed by atoms with Gasteiger partial charge < -0.3 is 4.74 Å². The van der Waals surface area contributed by atoms with E-state index in [1.165, 1.54) is 4.90 Å². The largest absolute Gasteiger partial charge is 0.466 e. The Bertz CT molecular complexity index is 813. The number of carbonyl (C=O) groups is 3. The molecule has 0 bridgehead atoms. The van der Waals surface area contributed by atoms with E-state index in [1.54, 1.807) is 24.3 Å². The second-order valence-corrected chi connectivity index (χ2v) is 6.80. The molecule has 0 radical (unpaired) electrons. The van der Waals surface area contributed by atoms with Crippen molar-refractivity contribution in [2.24, 2.45) is 0 Å². The summed E-state index contributed by atoms with van der Waals surface area (Å²) in [6, 6.07) is 14.3. The molecule has 0 fully saturated rings. The van der Waals surface area contributed by atoms with Gasteiger partial charge in [0.2, 0.25) is 0 Å². The van der Waals surface area contributed by atoms with Gasteiger partial charge in [-0.05, 0) is 49.1 Å². The fraction of sp³-hybridized carbons (Fsp3) is 0.286. The summed E-state index contributed by atoms with van der Waals surface area (Å²) in [5.41, 5.74) is 1.99. The van der Waals surface area contributed by atoms with Crippen molar-refractivity contribution in [3.05, 3.63) is 70.2 Å². The maximum atomic E-state index is 12.2. The standard InChI is InChI=1S/C21H20ClNO4/c22-16-11-9-15(10-12-16)5-3-8-19(24)27-14-4-13-23-20(25)17-6-1-2-7-18(17)21(23)26/h1-2,6-7,9-12H,3-5,8,13-14H2. The van der Waals surface area contributed by atoms with Crippen molar-refractivity contribution in [3.8, 4) is 0 Å². The van der Waals surface area contributed by atoms with Crippen LogP contribution in [0, 0.1) is 0 Å². The third-order valence-corrected chi connectivity index (χ3v) is 4.68. The Labute approximate surface area is 162 Å². The van der Waals surface area contributed by atoms with E-state index in [1.807, 2.05) is 24.3 Å². The molecule has 27 heavy (non-hydrogen) atoms. The first-order valence-electron chi connectivity index (χ1n) is 8.91. The molecule has 1 heterocycles. The Morgan fingerprint density at radius 3 is 2.19 bits per heavy atom. The number of ether oxygens (including phenoxy) is 1. The summed E-state index contributed by atoms with van der Waals surface area (Å²) in [4.78, 5) is 37.5. The zero-order valence-corrected chi connectivity index (χ0v) is 15.6. The van der Waals surface area contributed by atoms with Crippen molar-refractivity contribution in [1.82, 2.24) is 4.90 Å². The summed E-state index contributed by atoms with van der Waals surface area (Å²) in [6.07, 6.45) is 2.23. The third kappa shape index (κ3) is 4.74. The van der Waals surface area contributed by atoms with Crippen LogP contribution in [0.3, 0.4) is 0 Å². The number of hydrogen-bond donors (Lipinski definition) is 0. The van der Waals surface area contributed by atoms with Crippen LogP contribution in [0.1, 0.15) is 45.5 Å². The molecule has 0 saturated heterocycles. The number of hydrogen-bond acceptors (Lipinski definition) is 4. The number of benzene rings is 2. The first kappa shape index (κ1) is 19.1. The van der Waals surface area contributed by atoms with Crippen molar-refractivity contribution in [2.75, 3.05) is 13.2 Å². The molecule has 0 atom stereocenters. The summed E-state index contributed by atoms with van der Waals surface area (Å²) < 4.78 is 5.20. The van der Waals surface area contributed by atoms with Crippen LogP contribution in [0.4, 0.5) is 0 Å². The summed E-state index contributed by atoms with van der Waals surface area (Å²) in [5.74, 6) is -0.846. The molecule has 140 valence electrons. The molecule has 6 heteroatoms. The van der Waals surface area contributed by atoms with E-state index in [2.05, 4.69) is 0 Å². The van der Waals surface area contributed by atoms with Crippen LogP contribution >= 0.6 is 11.6 Å². The van der Waals surface area contributed by atoms with Crippen LogP contribution in [0.5, 0.6) is 0 Å². The third-order valence-electron chi connectivity index (χ3n) is 4.43. The molecule has 0 aromatic heterocycles. The molecule has 1 aliphatic heterocycles. The summed E-state index contributed by atoms with van der Waals surface area (Å²) >= 11 is 5.84. The van der Waals surface area contributed by atoms with Gasteiger partial charge in [-0.1, -0.05) is 35.9 Å². The molecule has 2 aromatic rings. The fourth-order valence-electron chi connectivity index (χ4n) is 3.01. The lowest BCUT2D eigenvalue weighted by atomic mass is 10.1. The van der Waals surface area contributed by atoms with Crippen LogP contribution in [0.25, 0.3) is 0 Å². The summed E-state index contributed by atoms with van der Waals surface area (Å²) in [5, 5.41) is 0.691. The van der Waals surface area contributed by atoms with Crippen molar-refractivity contribution in [2.45, 2.75) is 25.7 Å². The molecule has 0 N–H and O–H groups in total. The van der Waals surface area contributed by atoms with E-state index in [0.717, 1.165) is 12.0 Å². The molecule has 0 spiro atoms. The summed E-state index contributed by atoms with van der Waals surface area (Å²) in [6.45, 7) is 0.428. The molecule has 5 nitrogen and oxygen atoms in total. The topological polar surface area (TPSA) is 63.7 Å². The van der Waals surface area contributed by atoms with Gasteiger partial charge in [0.05, 0.1) is 17.7 Å². The van der Waals surface area contributed by atoms with E-state index < -0.39 is 0 Å². The van der Waals surface area contributed by atoms with Gasteiger partial charge in [-0.25, -0.2) is 0 Å². The molecule has 2 amide bonds. The van der Waals surface area contributed by atoms with E-state index in [9.17, 15) is 14.4 Å². The molecular weight excluding hydrogens is 366 g/mol. The number of imide groups is 1. The van der Waals surface area contributed by atoms with Gasteiger partial charge in [-0.15, -0.1) is 0 Å². The molecular formula is C21H20ClNO4. The average Bonchev–Trinajstić information content (AvgIpc) is 2.92. The first-order valence-corrected chi connectivity index (χ1v) is 9.29. The van der Waals surface area contributed by atoms with Crippen molar-refractivity contribution in [1.29, 1.82) is 0 Å². The Kier molecular flexibility index (Phi) is 6.24. The highest BCUT2D eigenvalue weighted by atomic mass is 35.5. The van der Waals surface area contributed by atoms with E-state index >= 15 is 0 Å². The Morgan fingerprint density at radius 1 is 0.926 bits per heavy atom. The lowest BCUT2D eigenvalue weighted by molar-refractivity contribution is -0.143. The average molecular weight is 386 g/mol. The van der Waals surface area contributed by atoms with Crippen molar-refractivity contribution in [3.63, 3.8) is 0 Å². The number of rotatable bonds is 8. The highest BCUT2D eigenvalue weighted by Gasteiger charge is 2.34. The summed E-state index contributed by atoms with van der Waals surface area (Å²) in [7, 11) is 0. The number of carbonyl (C=O) groups excluding carboxylic acids is 3. The number of fused-ring (bicyclic) bond motifs is 1. The van der Waals surface area contributed by atoms with Gasteiger partial charge in [-0.3, -0.25) is 19.3 Å². The van der Waals surface area contributed by atoms with Gasteiger partial charge in [-0.2, -0.15) is 0 Å². The van der Waals surface area contributed by atoms with E-state index in [-0.39, 0.29) is 30.9 Å². The SMILES string of the molecule is O=C(CCCc1ccc(Cl)cc1)OCCCN1C(=O)c2ccccc2C1=O.